The van der Waals surface area contributed by atoms with E-state index in [0.717, 1.165) is 52.4 Å². The molecule has 1 unspecified atom stereocenters. The highest BCUT2D eigenvalue weighted by atomic mass is 16.1. The van der Waals surface area contributed by atoms with Crippen LogP contribution < -0.4 is 16.0 Å². The van der Waals surface area contributed by atoms with Crippen LogP contribution in [0.3, 0.4) is 0 Å². The quantitative estimate of drug-likeness (QED) is 0.615. The van der Waals surface area contributed by atoms with Crippen LogP contribution in [0.1, 0.15) is 20.3 Å². The molecule has 116 valence electrons. The normalized spacial score (nSPS) is 21.5. The van der Waals surface area contributed by atoms with Gasteiger partial charge in [-0.05, 0) is 13.8 Å². The van der Waals surface area contributed by atoms with Crippen molar-refractivity contribution in [2.45, 2.75) is 26.3 Å². The summed E-state index contributed by atoms with van der Waals surface area (Å²) in [5, 5.41) is 10.1. The van der Waals surface area contributed by atoms with Gasteiger partial charge in [-0.25, -0.2) is 0 Å². The average molecular weight is 284 g/mol. The Kier molecular flexibility index (Phi) is 8.60. The van der Waals surface area contributed by atoms with E-state index in [1.54, 1.807) is 13.8 Å². The van der Waals surface area contributed by atoms with Crippen molar-refractivity contribution in [3.63, 3.8) is 0 Å². The monoisotopic (exact) mass is 284 g/mol. The van der Waals surface area contributed by atoms with E-state index < -0.39 is 0 Å². The Hall–Kier alpha value is -0.820. The van der Waals surface area contributed by atoms with Crippen molar-refractivity contribution in [3.8, 4) is 0 Å². The first-order valence-corrected chi connectivity index (χ1v) is 7.47. The fraction of sp³-hybridized carbons (Fsp3) is 0.857. The van der Waals surface area contributed by atoms with Crippen molar-refractivity contribution in [1.82, 2.24) is 20.9 Å². The van der Waals surface area contributed by atoms with Gasteiger partial charge in [0.2, 0.25) is 0 Å². The molecule has 20 heavy (non-hydrogen) atoms. The maximum Gasteiger partial charge on any atom is 0.147 e. The van der Waals surface area contributed by atoms with Crippen LogP contribution in [0.25, 0.3) is 0 Å². The zero-order valence-electron chi connectivity index (χ0n) is 12.7. The lowest BCUT2D eigenvalue weighted by Crippen LogP contribution is -2.48. The number of carbonyl (C=O) groups is 2. The second kappa shape index (κ2) is 9.99. The molecule has 0 bridgehead atoms. The van der Waals surface area contributed by atoms with Crippen LogP contribution in [0.15, 0.2) is 0 Å². The van der Waals surface area contributed by atoms with E-state index in [1.807, 2.05) is 0 Å². The first-order chi connectivity index (χ1) is 9.61. The van der Waals surface area contributed by atoms with E-state index >= 15 is 0 Å². The van der Waals surface area contributed by atoms with Gasteiger partial charge >= 0.3 is 0 Å². The number of Topliss-reactive ketones (excluding diaryl/α,β-unsaturated/α-hetero) is 2. The molecule has 0 amide bonds. The summed E-state index contributed by atoms with van der Waals surface area (Å²) in [4.78, 5) is 25.3. The molecule has 1 fully saturated rings. The molecular weight excluding hydrogens is 256 g/mol. The van der Waals surface area contributed by atoms with Gasteiger partial charge in [-0.2, -0.15) is 0 Å². The highest BCUT2D eigenvalue weighted by Crippen LogP contribution is 2.06. The van der Waals surface area contributed by atoms with Crippen molar-refractivity contribution < 1.29 is 9.59 Å². The molecule has 6 nitrogen and oxygen atoms in total. The number of carbonyl (C=O) groups excluding carboxylic acids is 2. The predicted octanol–water partition coefficient (Wildman–Crippen LogP) is -0.992. The molecule has 0 saturated carbocycles. The molecule has 0 aromatic rings. The number of hydrogen-bond donors (Lipinski definition) is 3. The van der Waals surface area contributed by atoms with E-state index in [1.165, 1.54) is 0 Å². The van der Waals surface area contributed by atoms with E-state index in [9.17, 15) is 9.59 Å². The fourth-order valence-corrected chi connectivity index (χ4v) is 2.40. The summed E-state index contributed by atoms with van der Waals surface area (Å²) in [6.45, 7) is 10.1. The molecule has 1 aliphatic heterocycles. The standard InChI is InChI=1S/C14H28N4O2/c1-12(19)11-14(13(2)20)18-9-7-16-5-3-15-4-6-17-8-10-18/h14-17H,3-11H2,1-2H3. The summed E-state index contributed by atoms with van der Waals surface area (Å²) >= 11 is 0. The van der Waals surface area contributed by atoms with E-state index in [4.69, 9.17) is 0 Å². The topological polar surface area (TPSA) is 73.5 Å². The zero-order chi connectivity index (χ0) is 14.8. The van der Waals surface area contributed by atoms with Crippen LogP contribution in [0.2, 0.25) is 0 Å². The highest BCUT2D eigenvalue weighted by molar-refractivity contribution is 5.88. The van der Waals surface area contributed by atoms with Crippen molar-refractivity contribution >= 4 is 11.6 Å². The van der Waals surface area contributed by atoms with E-state index in [-0.39, 0.29) is 17.6 Å². The lowest BCUT2D eigenvalue weighted by atomic mass is 10.1. The summed E-state index contributed by atoms with van der Waals surface area (Å²) in [6.07, 6.45) is 0.316. The van der Waals surface area contributed by atoms with Crippen molar-refractivity contribution in [2.75, 3.05) is 52.4 Å². The number of rotatable bonds is 4. The lowest BCUT2D eigenvalue weighted by Gasteiger charge is -2.30. The van der Waals surface area contributed by atoms with Gasteiger partial charge in [0.25, 0.3) is 0 Å². The highest BCUT2D eigenvalue weighted by Gasteiger charge is 2.23. The van der Waals surface area contributed by atoms with Gasteiger partial charge in [0.15, 0.2) is 0 Å². The molecule has 1 aliphatic rings. The third kappa shape index (κ3) is 7.09. The van der Waals surface area contributed by atoms with Crippen molar-refractivity contribution in [3.05, 3.63) is 0 Å². The Morgan fingerprint density at radius 1 is 0.900 bits per heavy atom. The van der Waals surface area contributed by atoms with Crippen LogP contribution in [-0.4, -0.2) is 74.9 Å². The lowest BCUT2D eigenvalue weighted by molar-refractivity contribution is -0.127. The van der Waals surface area contributed by atoms with Crippen LogP contribution >= 0.6 is 0 Å². The van der Waals surface area contributed by atoms with Gasteiger partial charge in [-0.15, -0.1) is 0 Å². The molecule has 0 aromatic heterocycles. The molecule has 0 aromatic carbocycles. The molecule has 1 atom stereocenters. The summed E-state index contributed by atoms with van der Waals surface area (Å²) in [5.41, 5.74) is 0. The maximum absolute atomic E-state index is 11.8. The van der Waals surface area contributed by atoms with Crippen molar-refractivity contribution in [1.29, 1.82) is 0 Å². The van der Waals surface area contributed by atoms with Gasteiger partial charge in [-0.3, -0.25) is 14.5 Å². The van der Waals surface area contributed by atoms with Gasteiger partial charge < -0.3 is 16.0 Å². The third-order valence-corrected chi connectivity index (χ3v) is 3.50. The second-order valence-corrected chi connectivity index (χ2v) is 5.32. The van der Waals surface area contributed by atoms with E-state index in [2.05, 4.69) is 20.9 Å². The number of nitrogens with zero attached hydrogens (tertiary/aromatic N) is 1. The largest absolute Gasteiger partial charge is 0.314 e. The van der Waals surface area contributed by atoms with Crippen LogP contribution in [0, 0.1) is 0 Å². The van der Waals surface area contributed by atoms with Crippen LogP contribution in [0.4, 0.5) is 0 Å². The Morgan fingerprint density at radius 3 is 1.75 bits per heavy atom. The average Bonchev–Trinajstić information content (AvgIpc) is 2.36. The van der Waals surface area contributed by atoms with Crippen molar-refractivity contribution in [2.24, 2.45) is 0 Å². The zero-order valence-corrected chi connectivity index (χ0v) is 12.7. The Bertz CT molecular complexity index is 298. The maximum atomic E-state index is 11.8. The molecule has 0 radical (unpaired) electrons. The molecule has 3 N–H and O–H groups in total. The Balaban J connectivity index is 2.58. The van der Waals surface area contributed by atoms with Gasteiger partial charge in [0.05, 0.1) is 6.04 Å². The summed E-state index contributed by atoms with van der Waals surface area (Å²) < 4.78 is 0. The fourth-order valence-electron chi connectivity index (χ4n) is 2.40. The number of hydrogen-bond acceptors (Lipinski definition) is 6. The summed E-state index contributed by atoms with van der Waals surface area (Å²) in [6, 6.07) is -0.280. The number of ketones is 2. The minimum Gasteiger partial charge on any atom is -0.314 e. The molecule has 6 heteroatoms. The van der Waals surface area contributed by atoms with Crippen LogP contribution in [-0.2, 0) is 9.59 Å². The van der Waals surface area contributed by atoms with E-state index in [0.29, 0.717) is 6.42 Å². The Labute approximate surface area is 121 Å². The molecular formula is C14H28N4O2. The van der Waals surface area contributed by atoms with Gasteiger partial charge in [0, 0.05) is 58.8 Å². The predicted molar refractivity (Wildman–Crippen MR) is 79.9 cm³/mol. The first-order valence-electron chi connectivity index (χ1n) is 7.47. The molecule has 0 spiro atoms. The molecule has 1 heterocycles. The number of nitrogens with one attached hydrogen (secondary N) is 3. The van der Waals surface area contributed by atoms with Crippen LogP contribution in [0.5, 0.6) is 0 Å². The first kappa shape index (κ1) is 17.2. The SMILES string of the molecule is CC(=O)CC(C(C)=O)N1CCNCCNCCNCC1. The molecule has 1 saturated heterocycles. The second-order valence-electron chi connectivity index (χ2n) is 5.32. The minimum atomic E-state index is -0.280. The summed E-state index contributed by atoms with van der Waals surface area (Å²) in [5.74, 6) is 0.149. The minimum absolute atomic E-state index is 0.0708. The third-order valence-electron chi connectivity index (χ3n) is 3.50. The molecule has 0 aliphatic carbocycles. The van der Waals surface area contributed by atoms with Gasteiger partial charge in [-0.1, -0.05) is 0 Å². The summed E-state index contributed by atoms with van der Waals surface area (Å²) in [7, 11) is 0. The van der Waals surface area contributed by atoms with Gasteiger partial charge in [0.1, 0.15) is 11.6 Å². The Morgan fingerprint density at radius 2 is 1.35 bits per heavy atom. The molecule has 1 rings (SSSR count). The smallest absolute Gasteiger partial charge is 0.147 e.